The van der Waals surface area contributed by atoms with Crippen molar-refractivity contribution in [1.82, 2.24) is 4.98 Å². The Morgan fingerprint density at radius 3 is 2.86 bits per heavy atom. The number of H-pyrrole nitrogens is 1. The maximum Gasteiger partial charge on any atom is 0.204 e. The number of aromatic nitrogens is 1. The Hall–Kier alpha value is -1.23. The zero-order valence-electron chi connectivity index (χ0n) is 3.68. The second-order valence-corrected chi connectivity index (χ2v) is 1.18. The van der Waals surface area contributed by atoms with Crippen molar-refractivity contribution in [3.63, 3.8) is 0 Å². The molecule has 0 saturated carbocycles. The maximum absolute atomic E-state index is 6.47. The van der Waals surface area contributed by atoms with Crippen LogP contribution in [-0.4, -0.2) is 4.98 Å². The van der Waals surface area contributed by atoms with Gasteiger partial charge in [-0.15, -0.1) is 0 Å². The van der Waals surface area contributed by atoms with Crippen LogP contribution in [0.5, 0.6) is 0 Å². The van der Waals surface area contributed by atoms with E-state index in [1.165, 1.54) is 0 Å². The van der Waals surface area contributed by atoms with Crippen molar-refractivity contribution in [1.29, 1.82) is 0 Å². The SMILES string of the molecule is [C-]#[N+]c1cc[nH]c1. The summed E-state index contributed by atoms with van der Waals surface area (Å²) in [5.74, 6) is 0. The summed E-state index contributed by atoms with van der Waals surface area (Å²) in [7, 11) is 0. The highest BCUT2D eigenvalue weighted by Crippen LogP contribution is 2.06. The molecule has 0 saturated heterocycles. The molecule has 1 aromatic heterocycles. The first-order valence-corrected chi connectivity index (χ1v) is 1.94. The Balaban J connectivity index is 3.04. The van der Waals surface area contributed by atoms with E-state index in [9.17, 15) is 0 Å². The minimum atomic E-state index is 0.667. The summed E-state index contributed by atoms with van der Waals surface area (Å²) >= 11 is 0. The lowest BCUT2D eigenvalue weighted by molar-refractivity contribution is 1.42. The van der Waals surface area contributed by atoms with E-state index in [2.05, 4.69) is 9.83 Å². The zero-order chi connectivity index (χ0) is 5.11. The van der Waals surface area contributed by atoms with Gasteiger partial charge in [-0.1, -0.05) is 0 Å². The quantitative estimate of drug-likeness (QED) is 0.469. The molecule has 0 amide bonds. The highest BCUT2D eigenvalue weighted by molar-refractivity contribution is 5.40. The van der Waals surface area contributed by atoms with Crippen molar-refractivity contribution in [2.75, 3.05) is 0 Å². The van der Waals surface area contributed by atoms with E-state index < -0.39 is 0 Å². The van der Waals surface area contributed by atoms with Gasteiger partial charge < -0.3 is 4.98 Å². The molecule has 0 aliphatic rings. The number of rotatable bonds is 0. The fourth-order valence-electron chi connectivity index (χ4n) is 0.385. The smallest absolute Gasteiger partial charge is 0.204 e. The largest absolute Gasteiger partial charge is 0.379 e. The van der Waals surface area contributed by atoms with E-state index in [0.29, 0.717) is 5.69 Å². The maximum atomic E-state index is 6.47. The van der Waals surface area contributed by atoms with Gasteiger partial charge in [0.2, 0.25) is 5.69 Å². The van der Waals surface area contributed by atoms with Crippen LogP contribution < -0.4 is 0 Å². The van der Waals surface area contributed by atoms with Crippen LogP contribution in [0.25, 0.3) is 4.85 Å². The van der Waals surface area contributed by atoms with Crippen LogP contribution in [0.3, 0.4) is 0 Å². The minimum absolute atomic E-state index is 0.667. The minimum Gasteiger partial charge on any atom is -0.379 e. The Morgan fingerprint density at radius 2 is 2.57 bits per heavy atom. The van der Waals surface area contributed by atoms with Crippen LogP contribution in [0.2, 0.25) is 0 Å². The Kier molecular flexibility index (Phi) is 0.833. The molecule has 0 radical (unpaired) electrons. The lowest BCUT2D eigenvalue weighted by Gasteiger charge is -1.64. The first-order chi connectivity index (χ1) is 3.43. The van der Waals surface area contributed by atoms with Gasteiger partial charge in [-0.25, -0.2) is 4.85 Å². The Bertz CT molecular complexity index is 168. The van der Waals surface area contributed by atoms with Crippen molar-refractivity contribution in [3.8, 4) is 0 Å². The highest BCUT2D eigenvalue weighted by atomic mass is 14.7. The van der Waals surface area contributed by atoms with Gasteiger partial charge in [-0.05, 0) is 12.3 Å². The molecule has 0 bridgehead atoms. The standard InChI is InChI=1S/C5H4N2/c1-6-5-2-3-7-4-5/h2-4,7H. The molecule has 0 aliphatic heterocycles. The van der Waals surface area contributed by atoms with E-state index in [1.807, 2.05) is 0 Å². The molecule has 0 unspecified atom stereocenters. The van der Waals surface area contributed by atoms with Gasteiger partial charge >= 0.3 is 0 Å². The lowest BCUT2D eigenvalue weighted by Crippen LogP contribution is -1.41. The van der Waals surface area contributed by atoms with Crippen molar-refractivity contribution in [3.05, 3.63) is 29.9 Å². The lowest BCUT2D eigenvalue weighted by atomic mass is 10.6. The van der Waals surface area contributed by atoms with Crippen LogP contribution in [0.15, 0.2) is 18.5 Å². The molecule has 1 rings (SSSR count). The number of hydrogen-bond acceptors (Lipinski definition) is 0. The fourth-order valence-corrected chi connectivity index (χ4v) is 0.385. The molecule has 2 nitrogen and oxygen atoms in total. The molecule has 0 spiro atoms. The number of hydrogen-bond donors (Lipinski definition) is 1. The van der Waals surface area contributed by atoms with Crippen molar-refractivity contribution >= 4 is 5.69 Å². The summed E-state index contributed by atoms with van der Waals surface area (Å²) in [5.41, 5.74) is 0.667. The molecular formula is C5H4N2. The van der Waals surface area contributed by atoms with Crippen LogP contribution in [0.4, 0.5) is 5.69 Å². The van der Waals surface area contributed by atoms with Gasteiger partial charge in [0.05, 0.1) is 6.57 Å². The van der Waals surface area contributed by atoms with Crippen LogP contribution >= 0.6 is 0 Å². The second kappa shape index (κ2) is 1.48. The van der Waals surface area contributed by atoms with Gasteiger partial charge in [-0.3, -0.25) is 0 Å². The number of aromatic amines is 1. The third kappa shape index (κ3) is 0.606. The summed E-state index contributed by atoms with van der Waals surface area (Å²) < 4.78 is 0. The predicted molar refractivity (Wildman–Crippen MR) is 27.1 cm³/mol. The van der Waals surface area contributed by atoms with Gasteiger partial charge in [0.1, 0.15) is 0 Å². The molecule has 0 aromatic carbocycles. The molecular weight excluding hydrogens is 88.1 g/mol. The van der Waals surface area contributed by atoms with Gasteiger partial charge in [0.25, 0.3) is 0 Å². The predicted octanol–water partition coefficient (Wildman–Crippen LogP) is 1.57. The third-order valence-electron chi connectivity index (χ3n) is 0.711. The Morgan fingerprint density at radius 1 is 1.71 bits per heavy atom. The molecule has 0 atom stereocenters. The van der Waals surface area contributed by atoms with Gasteiger partial charge in [0, 0.05) is 6.20 Å². The summed E-state index contributed by atoms with van der Waals surface area (Å²) in [6.45, 7) is 6.47. The fraction of sp³-hybridized carbons (Fsp3) is 0. The molecule has 0 aliphatic carbocycles. The summed E-state index contributed by atoms with van der Waals surface area (Å²) in [6.07, 6.45) is 3.39. The Labute approximate surface area is 41.6 Å². The zero-order valence-corrected chi connectivity index (χ0v) is 3.68. The van der Waals surface area contributed by atoms with Crippen molar-refractivity contribution in [2.24, 2.45) is 0 Å². The first-order valence-electron chi connectivity index (χ1n) is 1.94. The number of nitrogens with one attached hydrogen (secondary N) is 1. The molecule has 1 heterocycles. The van der Waals surface area contributed by atoms with E-state index >= 15 is 0 Å². The third-order valence-corrected chi connectivity index (χ3v) is 0.711. The molecule has 1 N–H and O–H groups in total. The molecule has 1 aromatic rings. The first kappa shape index (κ1) is 3.94. The average Bonchev–Trinajstić information content (AvgIpc) is 2.14. The molecule has 7 heavy (non-hydrogen) atoms. The van der Waals surface area contributed by atoms with Gasteiger partial charge in [0.15, 0.2) is 0 Å². The second-order valence-electron chi connectivity index (χ2n) is 1.18. The molecule has 0 fully saturated rings. The van der Waals surface area contributed by atoms with Gasteiger partial charge in [-0.2, -0.15) is 0 Å². The van der Waals surface area contributed by atoms with Crippen molar-refractivity contribution < 1.29 is 0 Å². The van der Waals surface area contributed by atoms with E-state index in [1.54, 1.807) is 18.5 Å². The van der Waals surface area contributed by atoms with E-state index in [4.69, 9.17) is 6.57 Å². The molecule has 2 heteroatoms. The summed E-state index contributed by atoms with van der Waals surface area (Å²) in [4.78, 5) is 5.92. The molecule has 34 valence electrons. The van der Waals surface area contributed by atoms with Crippen LogP contribution in [0.1, 0.15) is 0 Å². The van der Waals surface area contributed by atoms with Crippen LogP contribution in [0, 0.1) is 6.57 Å². The van der Waals surface area contributed by atoms with Crippen molar-refractivity contribution in [2.45, 2.75) is 0 Å². The normalized spacial score (nSPS) is 7.86. The average molecular weight is 92.1 g/mol. The number of nitrogens with zero attached hydrogens (tertiary/aromatic N) is 1. The van der Waals surface area contributed by atoms with Crippen LogP contribution in [-0.2, 0) is 0 Å². The van der Waals surface area contributed by atoms with E-state index in [-0.39, 0.29) is 0 Å². The monoisotopic (exact) mass is 92.0 g/mol. The highest BCUT2D eigenvalue weighted by Gasteiger charge is 1.81. The topological polar surface area (TPSA) is 20.1 Å². The summed E-state index contributed by atoms with van der Waals surface area (Å²) in [5, 5.41) is 0. The summed E-state index contributed by atoms with van der Waals surface area (Å²) in [6, 6.07) is 1.73. The van der Waals surface area contributed by atoms with E-state index in [0.717, 1.165) is 0 Å².